The van der Waals surface area contributed by atoms with Crippen LogP contribution in [0.1, 0.15) is 41.9 Å². The van der Waals surface area contributed by atoms with Crippen LogP contribution in [0.3, 0.4) is 0 Å². The van der Waals surface area contributed by atoms with Gasteiger partial charge in [0, 0.05) is 27.9 Å². The van der Waals surface area contributed by atoms with E-state index < -0.39 is 18.0 Å². The van der Waals surface area contributed by atoms with Gasteiger partial charge in [0.1, 0.15) is 16.9 Å². The number of methoxy groups -OCH3 is 1. The lowest BCUT2D eigenvalue weighted by molar-refractivity contribution is -0.123. The molecule has 0 saturated carbocycles. The second kappa shape index (κ2) is 9.49. The maximum absolute atomic E-state index is 13.5. The quantitative estimate of drug-likeness (QED) is 0.274. The Morgan fingerprint density at radius 1 is 1.03 bits per heavy atom. The van der Waals surface area contributed by atoms with Gasteiger partial charge in [0.25, 0.3) is 5.91 Å². The number of aryl methyl sites for hydroxylation is 1. The normalized spacial score (nSPS) is 15.8. The monoisotopic (exact) mass is 508 g/mol. The maximum Gasteiger partial charge on any atom is 0.339 e. The maximum atomic E-state index is 13.5. The van der Waals surface area contributed by atoms with Crippen molar-refractivity contribution in [3.05, 3.63) is 77.5 Å². The molecule has 0 spiro atoms. The van der Waals surface area contributed by atoms with Gasteiger partial charge in [-0.05, 0) is 55.9 Å². The number of furan rings is 1. The zero-order valence-electron chi connectivity index (χ0n) is 21.5. The molecule has 192 valence electrons. The highest BCUT2D eigenvalue weighted by molar-refractivity contribution is 6.09. The Balaban J connectivity index is 1.28. The van der Waals surface area contributed by atoms with E-state index in [2.05, 4.69) is 12.2 Å². The van der Waals surface area contributed by atoms with Crippen LogP contribution < -0.4 is 10.1 Å². The molecule has 3 aromatic carbocycles. The molecule has 0 radical (unpaired) electrons. The molecule has 2 atom stereocenters. The second-order valence-corrected chi connectivity index (χ2v) is 9.96. The van der Waals surface area contributed by atoms with Crippen LogP contribution in [0, 0.1) is 5.92 Å². The third-order valence-corrected chi connectivity index (χ3v) is 7.32. The summed E-state index contributed by atoms with van der Waals surface area (Å²) in [5, 5.41) is 5.44. The number of carbonyl (C=O) groups excluding carboxylic acids is 2. The highest BCUT2D eigenvalue weighted by atomic mass is 16.5. The minimum absolute atomic E-state index is 0.438. The van der Waals surface area contributed by atoms with E-state index in [1.54, 1.807) is 20.1 Å². The van der Waals surface area contributed by atoms with E-state index in [9.17, 15) is 9.59 Å². The number of benzene rings is 3. The number of fused-ring (bicyclic) bond motifs is 5. The first kappa shape index (κ1) is 24.0. The van der Waals surface area contributed by atoms with Crippen molar-refractivity contribution in [1.29, 1.82) is 0 Å². The molecular formula is C31H28N2O5. The van der Waals surface area contributed by atoms with Crippen LogP contribution in [0.2, 0.25) is 0 Å². The van der Waals surface area contributed by atoms with Gasteiger partial charge in [-0.15, -0.1) is 0 Å². The Morgan fingerprint density at radius 3 is 2.61 bits per heavy atom. The van der Waals surface area contributed by atoms with Crippen molar-refractivity contribution in [2.24, 2.45) is 5.92 Å². The minimum Gasteiger partial charge on any atom is -0.495 e. The van der Waals surface area contributed by atoms with Gasteiger partial charge < -0.3 is 19.2 Å². The largest absolute Gasteiger partial charge is 0.495 e. The van der Waals surface area contributed by atoms with E-state index >= 15 is 0 Å². The van der Waals surface area contributed by atoms with E-state index in [0.29, 0.717) is 28.5 Å². The number of nitrogens with one attached hydrogen (secondary N) is 1. The third-order valence-electron chi connectivity index (χ3n) is 7.32. The molecule has 2 heterocycles. The fraction of sp³-hybridized carbons (Fsp3) is 0.258. The Hall–Kier alpha value is -4.39. The number of ether oxygens (including phenoxy) is 2. The van der Waals surface area contributed by atoms with Crippen LogP contribution in [-0.2, 0) is 22.4 Å². The highest BCUT2D eigenvalue weighted by Crippen LogP contribution is 2.37. The van der Waals surface area contributed by atoms with E-state index in [1.165, 1.54) is 0 Å². The van der Waals surface area contributed by atoms with Crippen molar-refractivity contribution in [2.45, 2.75) is 39.2 Å². The summed E-state index contributed by atoms with van der Waals surface area (Å²) in [5.41, 5.74) is 4.94. The topological polar surface area (TPSA) is 90.7 Å². The molecule has 5 aromatic rings. The lowest BCUT2D eigenvalue weighted by Gasteiger charge is -2.24. The first-order valence-corrected chi connectivity index (χ1v) is 12.8. The number of para-hydroxylation sites is 2. The molecular weight excluding hydrogens is 480 g/mol. The van der Waals surface area contributed by atoms with E-state index in [-0.39, 0.29) is 0 Å². The first-order valence-electron chi connectivity index (χ1n) is 12.8. The molecule has 7 nitrogen and oxygen atoms in total. The van der Waals surface area contributed by atoms with Crippen molar-refractivity contribution in [1.82, 2.24) is 4.98 Å². The zero-order valence-corrected chi connectivity index (χ0v) is 21.5. The standard InChI is InChI=1S/C31H28N2O5/c1-17-12-13-24-22(14-17)29(20-9-4-6-10-23(20)32-24)31(35)37-18(2)30(34)33-25-16-27-21(15-28(25)36-3)19-8-5-7-11-26(19)38-27/h4-11,15-18H,12-14H2,1-3H3,(H,33,34). The Morgan fingerprint density at radius 2 is 1.79 bits per heavy atom. The Kier molecular flexibility index (Phi) is 5.98. The zero-order chi connectivity index (χ0) is 26.4. The number of pyridine rings is 1. The van der Waals surface area contributed by atoms with Crippen LogP contribution in [0.4, 0.5) is 5.69 Å². The molecule has 1 aliphatic carbocycles. The van der Waals surface area contributed by atoms with Crippen LogP contribution in [-0.4, -0.2) is 30.1 Å². The lowest BCUT2D eigenvalue weighted by Crippen LogP contribution is -2.31. The second-order valence-electron chi connectivity index (χ2n) is 9.96. The van der Waals surface area contributed by atoms with Crippen LogP contribution in [0.15, 0.2) is 65.1 Å². The van der Waals surface area contributed by atoms with E-state index in [1.807, 2.05) is 54.6 Å². The van der Waals surface area contributed by atoms with Crippen molar-refractivity contribution in [2.75, 3.05) is 12.4 Å². The predicted molar refractivity (Wildman–Crippen MR) is 147 cm³/mol. The number of anilines is 1. The molecule has 0 aliphatic heterocycles. The summed E-state index contributed by atoms with van der Waals surface area (Å²) in [7, 11) is 1.54. The molecule has 2 unspecified atom stereocenters. The summed E-state index contributed by atoms with van der Waals surface area (Å²) in [6.45, 7) is 3.74. The summed E-state index contributed by atoms with van der Waals surface area (Å²) in [4.78, 5) is 31.5. The third kappa shape index (κ3) is 4.14. The Bertz CT molecular complexity index is 1720. The van der Waals surface area contributed by atoms with Crippen LogP contribution >= 0.6 is 0 Å². The van der Waals surface area contributed by atoms with Gasteiger partial charge in [-0.25, -0.2) is 4.79 Å². The molecule has 38 heavy (non-hydrogen) atoms. The first-order chi connectivity index (χ1) is 18.4. The van der Waals surface area contributed by atoms with Crippen molar-refractivity contribution in [3.8, 4) is 5.75 Å². The van der Waals surface area contributed by atoms with Gasteiger partial charge >= 0.3 is 5.97 Å². The van der Waals surface area contributed by atoms with Crippen molar-refractivity contribution < 1.29 is 23.5 Å². The fourth-order valence-electron chi connectivity index (χ4n) is 5.32. The van der Waals surface area contributed by atoms with Crippen LogP contribution in [0.5, 0.6) is 5.75 Å². The average molecular weight is 509 g/mol. The summed E-state index contributed by atoms with van der Waals surface area (Å²) in [5.74, 6) is -0.0542. The summed E-state index contributed by atoms with van der Waals surface area (Å²) in [6.07, 6.45) is 1.57. The van der Waals surface area contributed by atoms with Gasteiger partial charge in [-0.2, -0.15) is 0 Å². The van der Waals surface area contributed by atoms with E-state index in [4.69, 9.17) is 18.9 Å². The number of esters is 1. The number of hydrogen-bond acceptors (Lipinski definition) is 6. The molecule has 0 bridgehead atoms. The molecule has 2 aromatic heterocycles. The number of rotatable bonds is 5. The molecule has 6 rings (SSSR count). The predicted octanol–water partition coefficient (Wildman–Crippen LogP) is 6.45. The summed E-state index contributed by atoms with van der Waals surface area (Å²) >= 11 is 0. The molecule has 1 N–H and O–H groups in total. The Labute approximate surface area is 219 Å². The van der Waals surface area contributed by atoms with Gasteiger partial charge in [-0.1, -0.05) is 43.3 Å². The molecule has 0 saturated heterocycles. The molecule has 0 fully saturated rings. The lowest BCUT2D eigenvalue weighted by atomic mass is 9.84. The molecule has 1 aliphatic rings. The van der Waals surface area contributed by atoms with Gasteiger partial charge in [0.05, 0.1) is 23.9 Å². The van der Waals surface area contributed by atoms with Gasteiger partial charge in [0.2, 0.25) is 0 Å². The minimum atomic E-state index is -1.04. The fourth-order valence-corrected chi connectivity index (χ4v) is 5.32. The van der Waals surface area contributed by atoms with Gasteiger partial charge in [-0.3, -0.25) is 9.78 Å². The number of nitrogens with zero attached hydrogens (tertiary/aromatic N) is 1. The van der Waals surface area contributed by atoms with Crippen molar-refractivity contribution >= 4 is 50.4 Å². The van der Waals surface area contributed by atoms with Crippen LogP contribution in [0.25, 0.3) is 32.8 Å². The molecule has 1 amide bonds. The molecule has 7 heteroatoms. The van der Waals surface area contributed by atoms with Crippen molar-refractivity contribution in [3.63, 3.8) is 0 Å². The van der Waals surface area contributed by atoms with Gasteiger partial charge in [0.15, 0.2) is 6.10 Å². The SMILES string of the molecule is COc1cc2c(cc1NC(=O)C(C)OC(=O)c1c3c(nc4ccccc14)CCC(C)C3)oc1ccccc12. The average Bonchev–Trinajstić information content (AvgIpc) is 3.28. The number of amides is 1. The number of hydrogen-bond donors (Lipinski definition) is 1. The smallest absolute Gasteiger partial charge is 0.339 e. The van der Waals surface area contributed by atoms with E-state index in [0.717, 1.165) is 57.8 Å². The number of aromatic nitrogens is 1. The number of carbonyl (C=O) groups is 2. The summed E-state index contributed by atoms with van der Waals surface area (Å²) < 4.78 is 17.3. The highest BCUT2D eigenvalue weighted by Gasteiger charge is 2.28. The summed E-state index contributed by atoms with van der Waals surface area (Å²) in [6, 6.07) is 18.9.